The summed E-state index contributed by atoms with van der Waals surface area (Å²) in [6.45, 7) is 4.01. The molecule has 0 aromatic rings. The number of aliphatic imine (C=N–C) groups is 1. The van der Waals surface area contributed by atoms with Gasteiger partial charge >= 0.3 is 0 Å². The molecule has 3 aliphatic rings. The number of likely N-dealkylation sites (N-methyl/N-ethyl adjacent to an activating group) is 1. The normalized spacial score (nSPS) is 30.7. The molecule has 3 N–H and O–H groups in total. The fourth-order valence-electron chi connectivity index (χ4n) is 4.42. The highest BCUT2D eigenvalue weighted by molar-refractivity contribution is 6.06. The first-order valence-corrected chi connectivity index (χ1v) is 9.65. The predicted octanol–water partition coefficient (Wildman–Crippen LogP) is 3.05. The number of guanidine groups is 1. The molecule has 0 radical (unpaired) electrons. The van der Waals surface area contributed by atoms with Crippen LogP contribution in [-0.2, 0) is 9.53 Å². The van der Waals surface area contributed by atoms with Crippen molar-refractivity contribution in [2.75, 3.05) is 13.7 Å². The summed E-state index contributed by atoms with van der Waals surface area (Å²) >= 11 is 0. The number of ether oxygens (including phenoxy) is 1. The zero-order valence-corrected chi connectivity index (χ0v) is 16.1. The van der Waals surface area contributed by atoms with Crippen molar-refractivity contribution in [3.63, 3.8) is 0 Å². The Hall–Kier alpha value is -1.82. The second kappa shape index (κ2) is 7.43. The highest BCUT2D eigenvalue weighted by Gasteiger charge is 2.48. The Kier molecular flexibility index (Phi) is 5.42. The molecular formula is C20H31N3O3. The van der Waals surface area contributed by atoms with Crippen molar-refractivity contribution in [1.82, 2.24) is 4.90 Å². The number of rotatable bonds is 5. The highest BCUT2D eigenvalue weighted by atomic mass is 16.5. The van der Waals surface area contributed by atoms with Gasteiger partial charge in [0.2, 0.25) is 0 Å². The molecule has 1 fully saturated rings. The number of carbonyl (C=O) groups is 1. The van der Waals surface area contributed by atoms with E-state index in [0.29, 0.717) is 24.5 Å². The smallest absolute Gasteiger partial charge is 0.259 e. The Morgan fingerprint density at radius 3 is 2.62 bits per heavy atom. The van der Waals surface area contributed by atoms with Crippen LogP contribution in [0, 0.1) is 5.92 Å². The SMILES string of the molecule is CC1=CC(OCC2(CC3CCCCC3)N=C(N)N(C)C2=O)CC(C)=C1O. The molecule has 26 heavy (non-hydrogen) atoms. The molecule has 6 heteroatoms. The Morgan fingerprint density at radius 2 is 2.04 bits per heavy atom. The van der Waals surface area contributed by atoms with E-state index in [1.54, 1.807) is 7.05 Å². The van der Waals surface area contributed by atoms with E-state index in [1.165, 1.54) is 24.2 Å². The molecule has 0 bridgehead atoms. The number of hydrogen-bond acceptors (Lipinski definition) is 5. The van der Waals surface area contributed by atoms with Crippen LogP contribution >= 0.6 is 0 Å². The van der Waals surface area contributed by atoms with Gasteiger partial charge in [0.15, 0.2) is 11.5 Å². The van der Waals surface area contributed by atoms with E-state index < -0.39 is 5.54 Å². The Labute approximate surface area is 155 Å². The maximum absolute atomic E-state index is 13.0. The van der Waals surface area contributed by atoms with Gasteiger partial charge in [-0.2, -0.15) is 0 Å². The quantitative estimate of drug-likeness (QED) is 0.788. The van der Waals surface area contributed by atoms with Crippen molar-refractivity contribution in [3.05, 3.63) is 23.0 Å². The summed E-state index contributed by atoms with van der Waals surface area (Å²) in [5.41, 5.74) is 6.79. The summed E-state index contributed by atoms with van der Waals surface area (Å²) in [5, 5.41) is 9.98. The molecule has 0 saturated heterocycles. The lowest BCUT2D eigenvalue weighted by Crippen LogP contribution is -2.47. The summed E-state index contributed by atoms with van der Waals surface area (Å²) in [6, 6.07) is 0. The molecule has 2 unspecified atom stereocenters. The van der Waals surface area contributed by atoms with Crippen LogP contribution in [0.5, 0.6) is 0 Å². The molecule has 6 nitrogen and oxygen atoms in total. The van der Waals surface area contributed by atoms with Gasteiger partial charge in [0, 0.05) is 13.5 Å². The highest BCUT2D eigenvalue weighted by Crippen LogP contribution is 2.36. The van der Waals surface area contributed by atoms with E-state index >= 15 is 0 Å². The van der Waals surface area contributed by atoms with Crippen LogP contribution in [0.2, 0.25) is 0 Å². The van der Waals surface area contributed by atoms with E-state index in [0.717, 1.165) is 24.0 Å². The standard InChI is InChI=1S/C20H31N3O3/c1-13-9-16(10-14(2)17(13)24)26-12-20(11-15-7-5-4-6-8-15)18(25)23(3)19(21)22-20/h9,15-16,24H,4-8,10-12H2,1-3H3,(H2,21,22). The van der Waals surface area contributed by atoms with Crippen LogP contribution in [0.15, 0.2) is 28.0 Å². The number of hydrogen-bond donors (Lipinski definition) is 2. The third-order valence-electron chi connectivity index (χ3n) is 5.98. The molecule has 1 aliphatic heterocycles. The molecule has 0 spiro atoms. The topological polar surface area (TPSA) is 88.2 Å². The third-order valence-corrected chi connectivity index (χ3v) is 5.98. The molecular weight excluding hydrogens is 330 g/mol. The van der Waals surface area contributed by atoms with Gasteiger partial charge in [0.05, 0.1) is 12.7 Å². The first-order chi connectivity index (χ1) is 12.3. The Morgan fingerprint density at radius 1 is 1.35 bits per heavy atom. The van der Waals surface area contributed by atoms with Crippen LogP contribution < -0.4 is 5.73 Å². The predicted molar refractivity (Wildman–Crippen MR) is 102 cm³/mol. The number of allylic oxidation sites excluding steroid dienone is 1. The van der Waals surface area contributed by atoms with Gasteiger partial charge in [-0.3, -0.25) is 9.69 Å². The minimum Gasteiger partial charge on any atom is -0.508 e. The largest absolute Gasteiger partial charge is 0.508 e. The number of carbonyl (C=O) groups excluding carboxylic acids is 1. The number of amides is 1. The van der Waals surface area contributed by atoms with Crippen molar-refractivity contribution >= 4 is 11.9 Å². The lowest BCUT2D eigenvalue weighted by molar-refractivity contribution is -0.134. The van der Waals surface area contributed by atoms with Crippen LogP contribution in [0.1, 0.15) is 58.8 Å². The maximum atomic E-state index is 13.0. The average Bonchev–Trinajstić information content (AvgIpc) is 2.83. The minimum atomic E-state index is -0.903. The fourth-order valence-corrected chi connectivity index (χ4v) is 4.42. The maximum Gasteiger partial charge on any atom is 0.259 e. The van der Waals surface area contributed by atoms with E-state index in [-0.39, 0.29) is 24.6 Å². The van der Waals surface area contributed by atoms with E-state index in [9.17, 15) is 9.90 Å². The number of nitrogens with two attached hydrogens (primary N) is 1. The van der Waals surface area contributed by atoms with Crippen LogP contribution in [-0.4, -0.2) is 47.2 Å². The Balaban J connectivity index is 1.74. The number of nitrogens with zero attached hydrogens (tertiary/aromatic N) is 2. The second-order valence-corrected chi connectivity index (χ2v) is 8.11. The number of aliphatic hydroxyl groups is 1. The van der Waals surface area contributed by atoms with E-state index in [1.807, 2.05) is 19.9 Å². The van der Waals surface area contributed by atoms with E-state index in [2.05, 4.69) is 4.99 Å². The third kappa shape index (κ3) is 3.65. The zero-order chi connectivity index (χ0) is 18.9. The second-order valence-electron chi connectivity index (χ2n) is 8.11. The Bertz CT molecular complexity index is 661. The summed E-state index contributed by atoms with van der Waals surface area (Å²) in [4.78, 5) is 19.0. The molecule has 144 valence electrons. The first kappa shape index (κ1) is 19.0. The minimum absolute atomic E-state index is 0.0628. The lowest BCUT2D eigenvalue weighted by atomic mass is 9.79. The van der Waals surface area contributed by atoms with Gasteiger partial charge in [-0.1, -0.05) is 32.1 Å². The monoisotopic (exact) mass is 361 g/mol. The van der Waals surface area contributed by atoms with Crippen molar-refractivity contribution in [3.8, 4) is 0 Å². The summed E-state index contributed by atoms with van der Waals surface area (Å²) in [6.07, 6.45) is 9.12. The molecule has 1 heterocycles. The fraction of sp³-hybridized carbons (Fsp3) is 0.700. The lowest BCUT2D eigenvalue weighted by Gasteiger charge is -2.32. The van der Waals surface area contributed by atoms with Crippen molar-refractivity contribution in [2.45, 2.75) is 70.4 Å². The van der Waals surface area contributed by atoms with Gasteiger partial charge in [0.1, 0.15) is 5.76 Å². The van der Waals surface area contributed by atoms with Gasteiger partial charge in [-0.05, 0) is 43.4 Å². The number of aliphatic hydroxyl groups excluding tert-OH is 1. The molecule has 1 amide bonds. The average molecular weight is 361 g/mol. The van der Waals surface area contributed by atoms with E-state index in [4.69, 9.17) is 10.5 Å². The van der Waals surface area contributed by atoms with Crippen LogP contribution in [0.4, 0.5) is 0 Å². The van der Waals surface area contributed by atoms with Gasteiger partial charge < -0.3 is 15.6 Å². The van der Waals surface area contributed by atoms with Gasteiger partial charge in [-0.25, -0.2) is 4.99 Å². The molecule has 2 atom stereocenters. The molecule has 0 aromatic heterocycles. The molecule has 0 aromatic carbocycles. The summed E-state index contributed by atoms with van der Waals surface area (Å²) < 4.78 is 6.14. The van der Waals surface area contributed by atoms with Gasteiger partial charge in [0.25, 0.3) is 5.91 Å². The first-order valence-electron chi connectivity index (χ1n) is 9.65. The summed E-state index contributed by atoms with van der Waals surface area (Å²) in [5.74, 6) is 1.06. The summed E-state index contributed by atoms with van der Waals surface area (Å²) in [7, 11) is 1.68. The zero-order valence-electron chi connectivity index (χ0n) is 16.1. The van der Waals surface area contributed by atoms with Crippen LogP contribution in [0.25, 0.3) is 0 Å². The van der Waals surface area contributed by atoms with Gasteiger partial charge in [-0.15, -0.1) is 0 Å². The molecule has 1 saturated carbocycles. The molecule has 2 aliphatic carbocycles. The molecule has 3 rings (SSSR count). The van der Waals surface area contributed by atoms with Crippen molar-refractivity contribution in [2.24, 2.45) is 16.6 Å². The van der Waals surface area contributed by atoms with Crippen molar-refractivity contribution in [1.29, 1.82) is 0 Å². The van der Waals surface area contributed by atoms with Crippen molar-refractivity contribution < 1.29 is 14.6 Å². The van der Waals surface area contributed by atoms with Crippen LogP contribution in [0.3, 0.4) is 0 Å².